The van der Waals surface area contributed by atoms with E-state index in [1.165, 1.54) is 0 Å². The molecule has 0 bridgehead atoms. The minimum absolute atomic E-state index is 0.114. The summed E-state index contributed by atoms with van der Waals surface area (Å²) in [4.78, 5) is 42.7. The molecule has 0 radical (unpaired) electrons. The molecule has 0 aliphatic carbocycles. The molecule has 4 aromatic rings. The fourth-order valence-electron chi connectivity index (χ4n) is 6.13. The Morgan fingerprint density at radius 1 is 0.438 bits per heavy atom. The Bertz CT molecular complexity index is 1810. The van der Waals surface area contributed by atoms with E-state index in [2.05, 4.69) is 0 Å². The highest BCUT2D eigenvalue weighted by Crippen LogP contribution is 2.35. The van der Waals surface area contributed by atoms with Crippen LogP contribution in [0.1, 0.15) is 112 Å². The van der Waals surface area contributed by atoms with E-state index in [1.54, 1.807) is 18.2 Å². The summed E-state index contributed by atoms with van der Waals surface area (Å²) in [6.07, 6.45) is 0. The van der Waals surface area contributed by atoms with Crippen LogP contribution >= 0.6 is 0 Å². The first-order chi connectivity index (χ1) is 21.9. The second-order valence-electron chi connectivity index (χ2n) is 16.2. The zero-order chi connectivity index (χ0) is 36.3. The van der Waals surface area contributed by atoms with Gasteiger partial charge in [-0.15, -0.1) is 0 Å². The van der Waals surface area contributed by atoms with Crippen molar-refractivity contribution < 1.29 is 15.3 Å². The molecule has 0 atom stereocenters. The van der Waals surface area contributed by atoms with Gasteiger partial charge in [0.25, 0.3) is 0 Å². The lowest BCUT2D eigenvalue weighted by Crippen LogP contribution is -2.55. The Labute approximate surface area is 282 Å². The molecule has 0 saturated heterocycles. The Hall–Kier alpha value is -4.53. The standard InChI is InChI=1S/C39H51N3O6/c1-22-13-31(43)28(37(4,5)6)16-25(22)19-40-34(46)41(20-26-17-29(38(7,8)9)32(44)14-23(26)2)36(48)42(35(40)47)21-27-18-30(39(10,11)12)33(45)15-24(27)3/h13-18,43-45H,19-21H2,1-12H3. The van der Waals surface area contributed by atoms with Gasteiger partial charge in [0.05, 0.1) is 19.6 Å². The molecule has 1 aromatic heterocycles. The number of phenolic OH excluding ortho intramolecular Hbond substituents is 3. The third-order valence-corrected chi connectivity index (χ3v) is 9.16. The summed E-state index contributed by atoms with van der Waals surface area (Å²) in [6, 6.07) is 10.4. The van der Waals surface area contributed by atoms with Crippen LogP contribution in [0.15, 0.2) is 50.8 Å². The SMILES string of the molecule is Cc1cc(O)c(C(C)(C)C)cc1Cn1c(=O)n(Cc2cc(C(C)(C)C)c(O)cc2C)c(=O)n(Cc2cc(C(C)(C)C)c(O)cc2C)c1=O. The first-order valence-electron chi connectivity index (χ1n) is 16.3. The molecular formula is C39H51N3O6. The highest BCUT2D eigenvalue weighted by Gasteiger charge is 2.25. The molecule has 0 aliphatic rings. The number of nitrogens with zero attached hydrogens (tertiary/aromatic N) is 3. The second kappa shape index (κ2) is 12.5. The van der Waals surface area contributed by atoms with Crippen molar-refractivity contribution in [2.45, 2.75) is 119 Å². The summed E-state index contributed by atoms with van der Waals surface area (Å²) in [6.45, 7) is 22.8. The quantitative estimate of drug-likeness (QED) is 0.225. The molecule has 1 heterocycles. The van der Waals surface area contributed by atoms with Crippen molar-refractivity contribution in [3.63, 3.8) is 0 Å². The number of hydrogen-bond acceptors (Lipinski definition) is 6. The summed E-state index contributed by atoms with van der Waals surface area (Å²) >= 11 is 0. The van der Waals surface area contributed by atoms with Gasteiger partial charge in [-0.3, -0.25) is 0 Å². The monoisotopic (exact) mass is 657 g/mol. The molecule has 258 valence electrons. The van der Waals surface area contributed by atoms with Crippen LogP contribution in [-0.2, 0) is 35.9 Å². The highest BCUT2D eigenvalue weighted by atomic mass is 16.3. The van der Waals surface area contributed by atoms with Gasteiger partial charge in [0.1, 0.15) is 17.2 Å². The number of aromatic nitrogens is 3. The smallest absolute Gasteiger partial charge is 0.336 e. The maximum absolute atomic E-state index is 14.2. The predicted octanol–water partition coefficient (Wildman–Crippen LogP) is 6.25. The maximum Gasteiger partial charge on any atom is 0.336 e. The molecule has 9 nitrogen and oxygen atoms in total. The zero-order valence-corrected chi connectivity index (χ0v) is 30.5. The molecule has 0 unspecified atom stereocenters. The highest BCUT2D eigenvalue weighted by molar-refractivity contribution is 5.47. The van der Waals surface area contributed by atoms with Crippen molar-refractivity contribution in [3.8, 4) is 17.2 Å². The number of aryl methyl sites for hydroxylation is 3. The van der Waals surface area contributed by atoms with Crippen LogP contribution in [0.3, 0.4) is 0 Å². The molecule has 0 aliphatic heterocycles. The van der Waals surface area contributed by atoms with Crippen molar-refractivity contribution in [3.05, 3.63) is 118 Å². The van der Waals surface area contributed by atoms with Gasteiger partial charge >= 0.3 is 17.1 Å². The van der Waals surface area contributed by atoms with Crippen LogP contribution in [0.2, 0.25) is 0 Å². The fraction of sp³-hybridized carbons (Fsp3) is 0.462. The fourth-order valence-corrected chi connectivity index (χ4v) is 6.13. The van der Waals surface area contributed by atoms with Crippen LogP contribution in [-0.4, -0.2) is 29.0 Å². The topological polar surface area (TPSA) is 127 Å². The van der Waals surface area contributed by atoms with Gasteiger partial charge in [-0.2, -0.15) is 0 Å². The summed E-state index contributed by atoms with van der Waals surface area (Å²) in [5, 5.41) is 32.1. The van der Waals surface area contributed by atoms with E-state index < -0.39 is 33.3 Å². The Morgan fingerprint density at radius 2 is 0.646 bits per heavy atom. The normalized spacial score (nSPS) is 12.5. The van der Waals surface area contributed by atoms with Crippen LogP contribution in [0.4, 0.5) is 0 Å². The molecule has 3 N–H and O–H groups in total. The van der Waals surface area contributed by atoms with Crippen molar-refractivity contribution in [2.75, 3.05) is 0 Å². The minimum atomic E-state index is -0.756. The third kappa shape index (κ3) is 7.15. The molecule has 0 amide bonds. The summed E-state index contributed by atoms with van der Waals surface area (Å²) in [7, 11) is 0. The number of aromatic hydroxyl groups is 3. The molecule has 4 rings (SSSR count). The average molecular weight is 658 g/mol. The molecule has 0 spiro atoms. The summed E-state index contributed by atoms with van der Waals surface area (Å²) in [5.74, 6) is 0.398. The Kier molecular flexibility index (Phi) is 9.45. The number of hydrogen-bond donors (Lipinski definition) is 3. The van der Waals surface area contributed by atoms with Gasteiger partial charge in [0, 0.05) is 0 Å². The molecule has 9 heteroatoms. The largest absolute Gasteiger partial charge is 0.508 e. The maximum atomic E-state index is 14.2. The van der Waals surface area contributed by atoms with Crippen molar-refractivity contribution >= 4 is 0 Å². The van der Waals surface area contributed by atoms with Gasteiger partial charge in [0.15, 0.2) is 0 Å². The van der Waals surface area contributed by atoms with Gasteiger partial charge in [-0.05, 0) is 123 Å². The van der Waals surface area contributed by atoms with Gasteiger partial charge in [-0.25, -0.2) is 28.1 Å². The van der Waals surface area contributed by atoms with E-state index in [0.717, 1.165) is 13.7 Å². The molecule has 0 saturated carbocycles. The van der Waals surface area contributed by atoms with Crippen molar-refractivity contribution in [1.82, 2.24) is 13.7 Å². The van der Waals surface area contributed by atoms with E-state index in [0.29, 0.717) is 50.1 Å². The average Bonchev–Trinajstić information content (AvgIpc) is 2.92. The minimum Gasteiger partial charge on any atom is -0.508 e. The zero-order valence-electron chi connectivity index (χ0n) is 30.5. The van der Waals surface area contributed by atoms with Crippen molar-refractivity contribution in [1.29, 1.82) is 0 Å². The van der Waals surface area contributed by atoms with E-state index in [1.807, 2.05) is 101 Å². The van der Waals surface area contributed by atoms with E-state index in [4.69, 9.17) is 0 Å². The number of phenols is 3. The van der Waals surface area contributed by atoms with Gasteiger partial charge in [0.2, 0.25) is 0 Å². The van der Waals surface area contributed by atoms with E-state index in [-0.39, 0.29) is 36.9 Å². The lowest BCUT2D eigenvalue weighted by atomic mass is 9.84. The number of benzene rings is 3. The van der Waals surface area contributed by atoms with Crippen molar-refractivity contribution in [2.24, 2.45) is 0 Å². The van der Waals surface area contributed by atoms with E-state index in [9.17, 15) is 29.7 Å². The lowest BCUT2D eigenvalue weighted by molar-refractivity contribution is 0.444. The first kappa shape index (κ1) is 36.3. The molecular weight excluding hydrogens is 606 g/mol. The third-order valence-electron chi connectivity index (χ3n) is 9.16. The molecule has 0 fully saturated rings. The molecule has 48 heavy (non-hydrogen) atoms. The van der Waals surface area contributed by atoms with Crippen LogP contribution in [0.25, 0.3) is 0 Å². The number of rotatable bonds is 6. The summed E-state index contributed by atoms with van der Waals surface area (Å²) < 4.78 is 3.23. The lowest BCUT2D eigenvalue weighted by Gasteiger charge is -2.24. The van der Waals surface area contributed by atoms with Crippen LogP contribution in [0, 0.1) is 20.8 Å². The summed E-state index contributed by atoms with van der Waals surface area (Å²) in [5.41, 5.74) is 2.64. The van der Waals surface area contributed by atoms with E-state index >= 15 is 0 Å². The van der Waals surface area contributed by atoms with Gasteiger partial charge < -0.3 is 15.3 Å². The Morgan fingerprint density at radius 3 is 0.833 bits per heavy atom. The van der Waals surface area contributed by atoms with Crippen LogP contribution < -0.4 is 17.1 Å². The first-order valence-corrected chi connectivity index (χ1v) is 16.3. The predicted molar refractivity (Wildman–Crippen MR) is 191 cm³/mol. The van der Waals surface area contributed by atoms with Crippen LogP contribution in [0.5, 0.6) is 17.2 Å². The second-order valence-corrected chi connectivity index (χ2v) is 16.2. The molecule has 3 aromatic carbocycles. The Balaban J connectivity index is 2.01. The van der Waals surface area contributed by atoms with Gasteiger partial charge in [-0.1, -0.05) is 62.3 Å².